The summed E-state index contributed by atoms with van der Waals surface area (Å²) in [6.45, 7) is 3.97. The lowest BCUT2D eigenvalue weighted by Gasteiger charge is -2.14. The molecule has 6 nitrogen and oxygen atoms in total. The zero-order chi connectivity index (χ0) is 19.6. The zero-order valence-corrected chi connectivity index (χ0v) is 16.3. The molecule has 0 aromatic heterocycles. The Kier molecular flexibility index (Phi) is 6.37. The number of phenolic OH excluding ortho intramolecular Hbond substituents is 1. The van der Waals surface area contributed by atoms with Gasteiger partial charge in [-0.25, -0.2) is 0 Å². The van der Waals surface area contributed by atoms with Crippen molar-refractivity contribution >= 4 is 36.6 Å². The Labute approximate surface area is 160 Å². The van der Waals surface area contributed by atoms with Gasteiger partial charge in [0.15, 0.2) is 23.0 Å². The van der Waals surface area contributed by atoms with Gasteiger partial charge in [0, 0.05) is 5.56 Å². The molecule has 26 heavy (non-hydrogen) atoms. The van der Waals surface area contributed by atoms with Gasteiger partial charge in [0.25, 0.3) is 0 Å². The fourth-order valence-corrected chi connectivity index (χ4v) is 3.31. The van der Waals surface area contributed by atoms with Gasteiger partial charge in [0.05, 0.1) is 10.0 Å². The molecule has 2 aromatic carbocycles. The molecule has 0 bridgehead atoms. The van der Waals surface area contributed by atoms with E-state index in [0.29, 0.717) is 0 Å². The van der Waals surface area contributed by atoms with E-state index in [1.165, 1.54) is 12.1 Å². The highest BCUT2D eigenvalue weighted by Gasteiger charge is 2.22. The maximum atomic E-state index is 11.9. The van der Waals surface area contributed by atoms with Crippen molar-refractivity contribution in [1.29, 1.82) is 0 Å². The monoisotopic (exact) mass is 418 g/mol. The fourth-order valence-electron chi connectivity index (χ4n) is 2.19. The number of benzene rings is 2. The van der Waals surface area contributed by atoms with Gasteiger partial charge in [0.2, 0.25) is 0 Å². The van der Waals surface area contributed by atoms with Gasteiger partial charge in [-0.05, 0) is 35.7 Å². The summed E-state index contributed by atoms with van der Waals surface area (Å²) in [5.74, 6) is -0.509. The minimum absolute atomic E-state index is 0.0219. The van der Waals surface area contributed by atoms with Crippen LogP contribution in [0.25, 0.3) is 0 Å². The van der Waals surface area contributed by atoms with Crippen LogP contribution in [0.1, 0.15) is 35.7 Å². The van der Waals surface area contributed by atoms with Gasteiger partial charge < -0.3 is 19.6 Å². The maximum Gasteiger partial charge on any atom is 0.333 e. The Balaban J connectivity index is 2.32. The van der Waals surface area contributed by atoms with Crippen molar-refractivity contribution in [3.8, 4) is 17.2 Å². The van der Waals surface area contributed by atoms with Gasteiger partial charge in [-0.15, -0.1) is 0 Å². The second-order valence-electron chi connectivity index (χ2n) is 6.00. The van der Waals surface area contributed by atoms with E-state index in [1.807, 2.05) is 13.8 Å². The summed E-state index contributed by atoms with van der Waals surface area (Å²) in [5.41, 5.74) is 0.875. The topological polar surface area (TPSA) is 104 Å². The van der Waals surface area contributed by atoms with Crippen molar-refractivity contribution < 1.29 is 29.0 Å². The van der Waals surface area contributed by atoms with Crippen LogP contribution in [0.3, 0.4) is 0 Å². The van der Waals surface area contributed by atoms with Crippen LogP contribution >= 0.6 is 30.8 Å². The normalized spacial score (nSPS) is 11.7. The van der Waals surface area contributed by atoms with Crippen LogP contribution in [-0.2, 0) is 4.57 Å². The number of Topliss-reactive ketones (excluding diaryl/α,β-unsaturated/α-hetero) is 1. The van der Waals surface area contributed by atoms with Gasteiger partial charge in [-0.1, -0.05) is 43.1 Å². The molecule has 0 atom stereocenters. The van der Waals surface area contributed by atoms with Crippen LogP contribution in [0.15, 0.2) is 30.3 Å². The predicted molar refractivity (Wildman–Crippen MR) is 100.0 cm³/mol. The van der Waals surface area contributed by atoms with Crippen molar-refractivity contribution in [2.45, 2.75) is 19.8 Å². The summed E-state index contributed by atoms with van der Waals surface area (Å²) < 4.78 is 16.5. The second-order valence-corrected chi connectivity index (χ2v) is 8.46. The molecule has 0 aliphatic heterocycles. The number of carbonyl (C=O) groups excluding carboxylic acids is 1. The summed E-state index contributed by atoms with van der Waals surface area (Å²) in [5, 5.41) is 10.0. The van der Waals surface area contributed by atoms with E-state index in [2.05, 4.69) is 0 Å². The molecule has 2 rings (SSSR count). The summed E-state index contributed by atoms with van der Waals surface area (Å²) in [4.78, 5) is 29.7. The Morgan fingerprint density at radius 1 is 1.15 bits per heavy atom. The first-order valence-electron chi connectivity index (χ1n) is 7.55. The molecule has 0 heterocycles. The van der Waals surface area contributed by atoms with E-state index in [1.54, 1.807) is 18.2 Å². The highest BCUT2D eigenvalue weighted by Crippen LogP contribution is 2.42. The molecule has 0 fully saturated rings. The third-order valence-corrected chi connectivity index (χ3v) is 4.79. The number of rotatable bonds is 6. The van der Waals surface area contributed by atoms with Gasteiger partial charge >= 0.3 is 7.60 Å². The standard InChI is InChI=1S/C17H17Cl2O6P/c1-9(2)10-3-4-16(14(20)7-10)25-17-12(18)5-11(6-13(17)19)15(21)8-26(22,23)24/h3-7,9,20H,8H2,1-2H3,(H2,22,23,24). The SMILES string of the molecule is CC(C)c1ccc(Oc2c(Cl)cc(C(=O)CP(=O)(O)O)cc2Cl)c(O)c1. The molecule has 0 saturated heterocycles. The van der Waals surface area contributed by atoms with Crippen molar-refractivity contribution in [3.05, 3.63) is 51.5 Å². The molecule has 2 aromatic rings. The first kappa shape index (κ1) is 20.7. The van der Waals surface area contributed by atoms with E-state index < -0.39 is 19.5 Å². The predicted octanol–water partition coefficient (Wildman–Crippen LogP) is 4.98. The molecule has 0 amide bonds. The lowest BCUT2D eigenvalue weighted by molar-refractivity contribution is 0.101. The number of ether oxygens (including phenoxy) is 1. The lowest BCUT2D eigenvalue weighted by atomic mass is 10.0. The number of ketones is 1. The molecule has 0 spiro atoms. The van der Waals surface area contributed by atoms with Crippen molar-refractivity contribution in [2.75, 3.05) is 6.16 Å². The molecule has 140 valence electrons. The lowest BCUT2D eigenvalue weighted by Crippen LogP contribution is -2.06. The molecule has 0 aliphatic carbocycles. The third-order valence-electron chi connectivity index (χ3n) is 3.53. The van der Waals surface area contributed by atoms with E-state index in [4.69, 9.17) is 37.7 Å². The molecule has 0 radical (unpaired) electrons. The summed E-state index contributed by atoms with van der Waals surface area (Å²) in [6, 6.07) is 7.35. The van der Waals surface area contributed by atoms with Crippen LogP contribution in [-0.4, -0.2) is 26.8 Å². The molecule has 3 N–H and O–H groups in total. The van der Waals surface area contributed by atoms with Crippen molar-refractivity contribution in [1.82, 2.24) is 0 Å². The quantitative estimate of drug-likeness (QED) is 0.451. The number of aromatic hydroxyl groups is 1. The van der Waals surface area contributed by atoms with E-state index in [9.17, 15) is 14.5 Å². The first-order chi connectivity index (χ1) is 12.0. The number of hydrogen-bond acceptors (Lipinski definition) is 4. The van der Waals surface area contributed by atoms with Gasteiger partial charge in [-0.2, -0.15) is 0 Å². The van der Waals surface area contributed by atoms with Crippen LogP contribution < -0.4 is 4.74 Å². The Hall–Kier alpha value is -1.56. The molecule has 0 saturated carbocycles. The Bertz CT molecular complexity index is 868. The average Bonchev–Trinajstić information content (AvgIpc) is 2.50. The van der Waals surface area contributed by atoms with E-state index in [0.717, 1.165) is 5.56 Å². The summed E-state index contributed by atoms with van der Waals surface area (Å²) in [7, 11) is -4.50. The van der Waals surface area contributed by atoms with Crippen molar-refractivity contribution in [3.63, 3.8) is 0 Å². The highest BCUT2D eigenvalue weighted by molar-refractivity contribution is 7.52. The van der Waals surface area contributed by atoms with Crippen molar-refractivity contribution in [2.24, 2.45) is 0 Å². The Morgan fingerprint density at radius 2 is 1.73 bits per heavy atom. The second kappa shape index (κ2) is 7.99. The smallest absolute Gasteiger partial charge is 0.333 e. The molecule has 9 heteroatoms. The van der Waals surface area contributed by atoms with Crippen LogP contribution in [0.5, 0.6) is 17.2 Å². The van der Waals surface area contributed by atoms with Crippen LogP contribution in [0.2, 0.25) is 10.0 Å². The number of hydrogen-bond donors (Lipinski definition) is 3. The van der Waals surface area contributed by atoms with E-state index >= 15 is 0 Å². The average molecular weight is 419 g/mol. The maximum absolute atomic E-state index is 11.9. The van der Waals surface area contributed by atoms with Crippen LogP contribution in [0.4, 0.5) is 0 Å². The number of phenols is 1. The Morgan fingerprint density at radius 3 is 2.19 bits per heavy atom. The third kappa shape index (κ3) is 5.22. The van der Waals surface area contributed by atoms with E-state index in [-0.39, 0.29) is 38.8 Å². The summed E-state index contributed by atoms with van der Waals surface area (Å²) in [6.07, 6.45) is -0.947. The molecular formula is C17H17Cl2O6P. The minimum Gasteiger partial charge on any atom is -0.504 e. The first-order valence-corrected chi connectivity index (χ1v) is 10.1. The fraction of sp³-hybridized carbons (Fsp3) is 0.235. The van der Waals surface area contributed by atoms with Crippen LogP contribution in [0, 0.1) is 0 Å². The van der Waals surface area contributed by atoms with Gasteiger partial charge in [-0.3, -0.25) is 9.36 Å². The molecular weight excluding hydrogens is 402 g/mol. The molecule has 0 unspecified atom stereocenters. The largest absolute Gasteiger partial charge is 0.504 e. The minimum atomic E-state index is -4.50. The molecule has 0 aliphatic rings. The summed E-state index contributed by atoms with van der Waals surface area (Å²) >= 11 is 12.2. The highest BCUT2D eigenvalue weighted by atomic mass is 35.5. The zero-order valence-electron chi connectivity index (χ0n) is 13.9. The van der Waals surface area contributed by atoms with Gasteiger partial charge in [0.1, 0.15) is 6.16 Å². The number of carbonyl (C=O) groups is 1. The number of halogens is 2.